The number of nitrogens with two attached hydrogens (primary N) is 4. The van der Waals surface area contributed by atoms with Crippen LogP contribution in [-0.2, 0) is 0 Å². The predicted molar refractivity (Wildman–Crippen MR) is 106 cm³/mol. The molecule has 2 rings (SSSR count). The van der Waals surface area contributed by atoms with Gasteiger partial charge in [0.15, 0.2) is 6.23 Å². The number of rotatable bonds is 7. The van der Waals surface area contributed by atoms with Gasteiger partial charge in [0.1, 0.15) is 11.5 Å². The van der Waals surface area contributed by atoms with Gasteiger partial charge in [-0.2, -0.15) is 0 Å². The van der Waals surface area contributed by atoms with Crippen LogP contribution in [0.15, 0.2) is 36.4 Å². The molecule has 0 aliphatic rings. The van der Waals surface area contributed by atoms with Gasteiger partial charge >= 0.3 is 0 Å². The van der Waals surface area contributed by atoms with Crippen LogP contribution in [0.4, 0.5) is 22.7 Å². The molecule has 0 aliphatic carbocycles. The Morgan fingerprint density at radius 2 is 1.40 bits per heavy atom. The van der Waals surface area contributed by atoms with Crippen LogP contribution in [0.5, 0.6) is 11.5 Å². The summed E-state index contributed by atoms with van der Waals surface area (Å²) in [6, 6.07) is 10.4. The third kappa shape index (κ3) is 5.81. The summed E-state index contributed by atoms with van der Waals surface area (Å²) in [6.07, 6.45) is 0.423. The Kier molecular flexibility index (Phi) is 7.47. The Bertz CT molecular complexity index is 697. The summed E-state index contributed by atoms with van der Waals surface area (Å²) in [6.45, 7) is 0.436. The van der Waals surface area contributed by atoms with E-state index in [1.54, 1.807) is 36.4 Å². The first kappa shape index (κ1) is 20.5. The van der Waals surface area contributed by atoms with Crippen molar-refractivity contribution in [1.29, 1.82) is 0 Å². The van der Waals surface area contributed by atoms with Crippen LogP contribution in [0.2, 0.25) is 0 Å². The molecule has 0 saturated heterocycles. The minimum absolute atomic E-state index is 0. The molecule has 0 bridgehead atoms. The van der Waals surface area contributed by atoms with Gasteiger partial charge in [-0.25, -0.2) is 0 Å². The molecule has 0 heterocycles. The van der Waals surface area contributed by atoms with Gasteiger partial charge < -0.3 is 32.4 Å². The van der Waals surface area contributed by atoms with Gasteiger partial charge in [0.05, 0.1) is 18.0 Å². The van der Waals surface area contributed by atoms with E-state index in [9.17, 15) is 0 Å². The molecule has 25 heavy (non-hydrogen) atoms. The van der Waals surface area contributed by atoms with Crippen molar-refractivity contribution in [2.45, 2.75) is 12.6 Å². The summed E-state index contributed by atoms with van der Waals surface area (Å²) in [5.41, 5.74) is 25.4. The van der Waals surface area contributed by atoms with Crippen LogP contribution in [0.3, 0.4) is 0 Å². The second-order valence-corrected chi connectivity index (χ2v) is 5.77. The number of anilines is 4. The van der Waals surface area contributed by atoms with Crippen molar-refractivity contribution in [3.63, 3.8) is 0 Å². The number of hydrogen-bond acceptors (Lipinski definition) is 7. The standard InChI is InChI=1S/C17H25N5O2.ClH/c1-22(2)17(24-16-6-4-12(19)10-14(16)21)7-8-23-15-5-3-11(18)9-13(15)20;/h3-6,9-10,17H,7-8,18-21H2,1-2H3;1H. The fourth-order valence-electron chi connectivity index (χ4n) is 2.21. The second-order valence-electron chi connectivity index (χ2n) is 5.77. The molecule has 1 unspecified atom stereocenters. The van der Waals surface area contributed by atoms with Crippen molar-refractivity contribution in [1.82, 2.24) is 4.90 Å². The minimum Gasteiger partial charge on any atom is -0.491 e. The molecular formula is C17H26ClN5O2. The van der Waals surface area contributed by atoms with Gasteiger partial charge in [-0.15, -0.1) is 12.4 Å². The quantitative estimate of drug-likeness (QED) is 0.436. The molecule has 2 aromatic rings. The fourth-order valence-corrected chi connectivity index (χ4v) is 2.21. The molecule has 7 nitrogen and oxygen atoms in total. The first-order valence-electron chi connectivity index (χ1n) is 7.62. The molecule has 2 aromatic carbocycles. The van der Waals surface area contributed by atoms with Crippen LogP contribution in [0.1, 0.15) is 6.42 Å². The molecule has 0 fully saturated rings. The first-order chi connectivity index (χ1) is 11.4. The van der Waals surface area contributed by atoms with Crippen molar-refractivity contribution in [3.05, 3.63) is 36.4 Å². The smallest absolute Gasteiger partial charge is 0.155 e. The predicted octanol–water partition coefficient (Wildman–Crippen LogP) is 2.17. The molecule has 8 heteroatoms. The van der Waals surface area contributed by atoms with Crippen molar-refractivity contribution < 1.29 is 9.47 Å². The average molecular weight is 368 g/mol. The molecular weight excluding hydrogens is 342 g/mol. The average Bonchev–Trinajstić information content (AvgIpc) is 2.50. The van der Waals surface area contributed by atoms with Crippen LogP contribution < -0.4 is 32.4 Å². The van der Waals surface area contributed by atoms with Gasteiger partial charge in [-0.05, 0) is 50.5 Å². The zero-order valence-electron chi connectivity index (χ0n) is 14.4. The van der Waals surface area contributed by atoms with Gasteiger partial charge in [0, 0.05) is 17.8 Å². The largest absolute Gasteiger partial charge is 0.491 e. The van der Waals surface area contributed by atoms with Crippen molar-refractivity contribution in [3.8, 4) is 11.5 Å². The Balaban J connectivity index is 0.00000312. The van der Waals surface area contributed by atoms with Crippen LogP contribution >= 0.6 is 12.4 Å². The topological polar surface area (TPSA) is 126 Å². The molecule has 1 atom stereocenters. The van der Waals surface area contributed by atoms with E-state index in [2.05, 4.69) is 0 Å². The Hall–Kier alpha value is -2.51. The summed E-state index contributed by atoms with van der Waals surface area (Å²) in [5, 5.41) is 0. The van der Waals surface area contributed by atoms with E-state index >= 15 is 0 Å². The fraction of sp³-hybridized carbons (Fsp3) is 0.294. The van der Waals surface area contributed by atoms with Crippen LogP contribution in [0, 0.1) is 0 Å². The SMILES string of the molecule is CN(C)C(CCOc1ccc(N)cc1N)Oc1ccc(N)cc1N.Cl. The Morgan fingerprint density at radius 3 is 1.88 bits per heavy atom. The van der Waals surface area contributed by atoms with E-state index in [0.29, 0.717) is 47.3 Å². The lowest BCUT2D eigenvalue weighted by Gasteiger charge is -2.26. The monoisotopic (exact) mass is 367 g/mol. The van der Waals surface area contributed by atoms with Crippen molar-refractivity contribution in [2.24, 2.45) is 0 Å². The highest BCUT2D eigenvalue weighted by atomic mass is 35.5. The Morgan fingerprint density at radius 1 is 0.880 bits per heavy atom. The summed E-state index contributed by atoms with van der Waals surface area (Å²) >= 11 is 0. The highest BCUT2D eigenvalue weighted by Gasteiger charge is 2.15. The normalized spacial score (nSPS) is 11.6. The molecule has 0 saturated carbocycles. The number of benzene rings is 2. The maximum atomic E-state index is 5.96. The van der Waals surface area contributed by atoms with E-state index in [1.165, 1.54) is 0 Å². The number of nitrogens with zero attached hydrogens (tertiary/aromatic N) is 1. The number of nitrogen functional groups attached to an aromatic ring is 4. The zero-order chi connectivity index (χ0) is 17.7. The van der Waals surface area contributed by atoms with E-state index in [1.807, 2.05) is 19.0 Å². The van der Waals surface area contributed by atoms with E-state index in [-0.39, 0.29) is 18.6 Å². The van der Waals surface area contributed by atoms with E-state index in [0.717, 1.165) is 0 Å². The van der Waals surface area contributed by atoms with Gasteiger partial charge in [0.25, 0.3) is 0 Å². The minimum atomic E-state index is -0.203. The number of ether oxygens (including phenoxy) is 2. The highest BCUT2D eigenvalue weighted by molar-refractivity contribution is 5.85. The van der Waals surface area contributed by atoms with Gasteiger partial charge in [-0.3, -0.25) is 4.90 Å². The van der Waals surface area contributed by atoms with Crippen molar-refractivity contribution >= 4 is 35.2 Å². The summed E-state index contributed by atoms with van der Waals surface area (Å²) < 4.78 is 11.7. The first-order valence-corrected chi connectivity index (χ1v) is 7.62. The lowest BCUT2D eigenvalue weighted by Crippen LogP contribution is -2.35. The lowest BCUT2D eigenvalue weighted by molar-refractivity contribution is 0.0453. The number of hydrogen-bond donors (Lipinski definition) is 4. The molecule has 0 aromatic heterocycles. The summed E-state index contributed by atoms with van der Waals surface area (Å²) in [7, 11) is 3.85. The van der Waals surface area contributed by atoms with Gasteiger partial charge in [-0.1, -0.05) is 0 Å². The molecule has 8 N–H and O–H groups in total. The maximum absolute atomic E-state index is 5.96. The van der Waals surface area contributed by atoms with E-state index < -0.39 is 0 Å². The third-order valence-corrected chi connectivity index (χ3v) is 3.53. The summed E-state index contributed by atoms with van der Waals surface area (Å²) in [5.74, 6) is 1.20. The van der Waals surface area contributed by atoms with Crippen LogP contribution in [-0.4, -0.2) is 31.8 Å². The number of halogens is 1. The Labute approximate surface area is 154 Å². The maximum Gasteiger partial charge on any atom is 0.155 e. The molecule has 0 spiro atoms. The molecule has 0 radical (unpaired) electrons. The van der Waals surface area contributed by atoms with Crippen LogP contribution in [0.25, 0.3) is 0 Å². The zero-order valence-corrected chi connectivity index (χ0v) is 15.3. The highest BCUT2D eigenvalue weighted by Crippen LogP contribution is 2.26. The molecule has 0 aliphatic heterocycles. The van der Waals surface area contributed by atoms with Gasteiger partial charge in [0.2, 0.25) is 0 Å². The lowest BCUT2D eigenvalue weighted by atomic mass is 10.2. The third-order valence-electron chi connectivity index (χ3n) is 3.53. The second kappa shape index (κ2) is 9.10. The molecule has 138 valence electrons. The van der Waals surface area contributed by atoms with Crippen molar-refractivity contribution in [2.75, 3.05) is 43.6 Å². The summed E-state index contributed by atoms with van der Waals surface area (Å²) in [4.78, 5) is 1.95. The van der Waals surface area contributed by atoms with E-state index in [4.69, 9.17) is 32.4 Å². The molecule has 0 amide bonds.